The standard InChI is InChI=1S/C23H21BrN2O6S/c1-14(2)32-21(28)12-26-22(29)19(33-23(26)30)11-15-10-16(24)8-9-18(15)31-13-20(27)25-17-6-4-3-5-7-17/h3-11,14H,12-13H2,1-2H3,(H,25,27)/b19-11-. The number of nitrogens with one attached hydrogen (secondary N) is 1. The molecule has 1 fully saturated rings. The van der Waals surface area contributed by atoms with Gasteiger partial charge in [0.25, 0.3) is 17.1 Å². The van der Waals surface area contributed by atoms with Crippen LogP contribution < -0.4 is 10.1 Å². The predicted octanol–water partition coefficient (Wildman–Crippen LogP) is 4.45. The lowest BCUT2D eigenvalue weighted by Crippen LogP contribution is -2.35. The molecule has 0 aromatic heterocycles. The van der Waals surface area contributed by atoms with Crippen LogP contribution >= 0.6 is 27.7 Å². The van der Waals surface area contributed by atoms with Crippen molar-refractivity contribution in [3.8, 4) is 5.75 Å². The Balaban J connectivity index is 1.72. The van der Waals surface area contributed by atoms with Crippen LogP contribution in [-0.2, 0) is 19.1 Å². The number of esters is 1. The van der Waals surface area contributed by atoms with Crippen LogP contribution in [0.3, 0.4) is 0 Å². The minimum atomic E-state index is -0.663. The van der Waals surface area contributed by atoms with Crippen molar-refractivity contribution < 1.29 is 28.7 Å². The van der Waals surface area contributed by atoms with Gasteiger partial charge in [0, 0.05) is 15.7 Å². The topological polar surface area (TPSA) is 102 Å². The summed E-state index contributed by atoms with van der Waals surface area (Å²) in [5.74, 6) is -1.26. The number of anilines is 1. The summed E-state index contributed by atoms with van der Waals surface area (Å²) in [6.45, 7) is 2.66. The van der Waals surface area contributed by atoms with Crippen LogP contribution in [0.2, 0.25) is 0 Å². The molecule has 8 nitrogen and oxygen atoms in total. The fourth-order valence-corrected chi connectivity index (χ4v) is 4.04. The Morgan fingerprint density at radius 1 is 1.15 bits per heavy atom. The van der Waals surface area contributed by atoms with Gasteiger partial charge in [-0.1, -0.05) is 34.1 Å². The molecule has 33 heavy (non-hydrogen) atoms. The monoisotopic (exact) mass is 532 g/mol. The summed E-state index contributed by atoms with van der Waals surface area (Å²) in [6, 6.07) is 14.1. The maximum Gasteiger partial charge on any atom is 0.326 e. The fraction of sp³-hybridized carbons (Fsp3) is 0.217. The van der Waals surface area contributed by atoms with Gasteiger partial charge in [0.15, 0.2) is 6.61 Å². The van der Waals surface area contributed by atoms with Crippen LogP contribution in [0.5, 0.6) is 5.75 Å². The molecule has 1 N–H and O–H groups in total. The highest BCUT2D eigenvalue weighted by Gasteiger charge is 2.37. The van der Waals surface area contributed by atoms with Gasteiger partial charge in [0.1, 0.15) is 12.3 Å². The lowest BCUT2D eigenvalue weighted by Gasteiger charge is -2.13. The van der Waals surface area contributed by atoms with Gasteiger partial charge >= 0.3 is 5.97 Å². The van der Waals surface area contributed by atoms with Crippen molar-refractivity contribution >= 4 is 62.5 Å². The van der Waals surface area contributed by atoms with Gasteiger partial charge < -0.3 is 14.8 Å². The zero-order valence-electron chi connectivity index (χ0n) is 17.9. The Morgan fingerprint density at radius 2 is 1.88 bits per heavy atom. The van der Waals surface area contributed by atoms with Gasteiger partial charge in [-0.2, -0.15) is 0 Å². The molecule has 0 radical (unpaired) electrons. The van der Waals surface area contributed by atoms with E-state index >= 15 is 0 Å². The van der Waals surface area contributed by atoms with Crippen LogP contribution in [0.15, 0.2) is 57.9 Å². The highest BCUT2D eigenvalue weighted by molar-refractivity contribution is 9.10. The van der Waals surface area contributed by atoms with Gasteiger partial charge in [-0.05, 0) is 62.0 Å². The minimum absolute atomic E-state index is 0.133. The van der Waals surface area contributed by atoms with Gasteiger partial charge in [-0.25, -0.2) is 0 Å². The molecule has 0 bridgehead atoms. The zero-order valence-corrected chi connectivity index (χ0v) is 20.3. The van der Waals surface area contributed by atoms with Crippen LogP contribution in [-0.4, -0.2) is 47.2 Å². The van der Waals surface area contributed by atoms with Gasteiger partial charge in [0.05, 0.1) is 11.0 Å². The van der Waals surface area contributed by atoms with Gasteiger partial charge in [0.2, 0.25) is 0 Å². The van der Waals surface area contributed by atoms with Crippen LogP contribution in [0.25, 0.3) is 6.08 Å². The van der Waals surface area contributed by atoms with Crippen molar-refractivity contribution in [3.63, 3.8) is 0 Å². The number of hydrogen-bond acceptors (Lipinski definition) is 7. The number of thioether (sulfide) groups is 1. The van der Waals surface area contributed by atoms with E-state index in [1.54, 1.807) is 56.3 Å². The summed E-state index contributed by atoms with van der Waals surface area (Å²) in [4.78, 5) is 50.0. The van der Waals surface area contributed by atoms with Crippen molar-refractivity contribution in [2.24, 2.45) is 0 Å². The summed E-state index contributed by atoms with van der Waals surface area (Å²) in [6.07, 6.45) is 1.14. The maximum atomic E-state index is 12.7. The molecular formula is C23H21BrN2O6S. The van der Waals surface area contributed by atoms with E-state index in [2.05, 4.69) is 21.2 Å². The molecule has 3 rings (SSSR count). The normalized spacial score (nSPS) is 14.7. The summed E-state index contributed by atoms with van der Waals surface area (Å²) in [5.41, 5.74) is 1.14. The number of amides is 3. The van der Waals surface area contributed by atoms with E-state index in [0.717, 1.165) is 21.1 Å². The largest absolute Gasteiger partial charge is 0.483 e. The Kier molecular flexibility index (Phi) is 8.29. The van der Waals surface area contributed by atoms with E-state index in [-0.39, 0.29) is 23.5 Å². The number of carbonyl (C=O) groups excluding carboxylic acids is 4. The first-order chi connectivity index (χ1) is 15.7. The first-order valence-electron chi connectivity index (χ1n) is 9.95. The Hall–Kier alpha value is -3.11. The molecule has 0 unspecified atom stereocenters. The molecule has 0 aliphatic carbocycles. The van der Waals surface area contributed by atoms with Crippen molar-refractivity contribution in [2.75, 3.05) is 18.5 Å². The second-order valence-electron chi connectivity index (χ2n) is 7.19. The SMILES string of the molecule is CC(C)OC(=O)CN1C(=O)S/C(=C\c2cc(Br)ccc2OCC(=O)Nc2ccccc2)C1=O. The molecule has 1 heterocycles. The molecule has 10 heteroatoms. The van der Waals surface area contributed by atoms with Crippen LogP contribution in [0.1, 0.15) is 19.4 Å². The lowest BCUT2D eigenvalue weighted by atomic mass is 10.2. The third-order valence-electron chi connectivity index (χ3n) is 4.20. The van der Waals surface area contributed by atoms with E-state index in [4.69, 9.17) is 9.47 Å². The number of halogens is 1. The predicted molar refractivity (Wildman–Crippen MR) is 129 cm³/mol. The third-order valence-corrected chi connectivity index (χ3v) is 5.60. The van der Waals surface area contributed by atoms with E-state index in [1.807, 2.05) is 6.07 Å². The average Bonchev–Trinajstić information content (AvgIpc) is 3.00. The van der Waals surface area contributed by atoms with E-state index in [1.165, 1.54) is 6.08 Å². The maximum absolute atomic E-state index is 12.7. The van der Waals surface area contributed by atoms with Crippen LogP contribution in [0, 0.1) is 0 Å². The van der Waals surface area contributed by atoms with Crippen molar-refractivity contribution in [3.05, 3.63) is 63.5 Å². The molecule has 2 aromatic rings. The van der Waals surface area contributed by atoms with E-state index in [0.29, 0.717) is 17.0 Å². The van der Waals surface area contributed by atoms with Gasteiger partial charge in [-0.3, -0.25) is 24.1 Å². The summed E-state index contributed by atoms with van der Waals surface area (Å²) >= 11 is 4.09. The van der Waals surface area contributed by atoms with E-state index in [9.17, 15) is 19.2 Å². The number of benzene rings is 2. The molecule has 1 aliphatic rings. The minimum Gasteiger partial charge on any atom is -0.483 e. The number of rotatable bonds is 8. The second-order valence-corrected chi connectivity index (χ2v) is 9.10. The molecule has 0 atom stereocenters. The fourth-order valence-electron chi connectivity index (χ4n) is 2.83. The number of para-hydroxylation sites is 1. The quantitative estimate of drug-likeness (QED) is 0.395. The van der Waals surface area contributed by atoms with Crippen molar-refractivity contribution in [1.29, 1.82) is 0 Å². The van der Waals surface area contributed by atoms with Crippen LogP contribution in [0.4, 0.5) is 10.5 Å². The Morgan fingerprint density at radius 3 is 2.58 bits per heavy atom. The smallest absolute Gasteiger partial charge is 0.326 e. The molecule has 0 spiro atoms. The first kappa shape index (κ1) is 24.5. The van der Waals surface area contributed by atoms with Crippen molar-refractivity contribution in [1.82, 2.24) is 4.90 Å². The molecular weight excluding hydrogens is 512 g/mol. The number of imide groups is 1. The number of carbonyl (C=O) groups is 4. The summed E-state index contributed by atoms with van der Waals surface area (Å²) in [5, 5.41) is 2.16. The van der Waals surface area contributed by atoms with Crippen molar-refractivity contribution in [2.45, 2.75) is 20.0 Å². The molecule has 1 saturated heterocycles. The molecule has 2 aromatic carbocycles. The molecule has 1 aliphatic heterocycles. The number of nitrogens with zero attached hydrogens (tertiary/aromatic N) is 1. The Bertz CT molecular complexity index is 1100. The second kappa shape index (κ2) is 11.2. The number of ether oxygens (including phenoxy) is 2. The zero-order chi connectivity index (χ0) is 24.0. The molecule has 172 valence electrons. The van der Waals surface area contributed by atoms with Gasteiger partial charge in [-0.15, -0.1) is 0 Å². The number of hydrogen-bond donors (Lipinski definition) is 1. The third kappa shape index (κ3) is 6.93. The Labute approximate surface area is 203 Å². The first-order valence-corrected chi connectivity index (χ1v) is 11.6. The summed E-state index contributed by atoms with van der Waals surface area (Å²) in [7, 11) is 0. The molecule has 3 amide bonds. The highest BCUT2D eigenvalue weighted by Crippen LogP contribution is 2.34. The molecule has 0 saturated carbocycles. The highest BCUT2D eigenvalue weighted by atomic mass is 79.9. The summed E-state index contributed by atoms with van der Waals surface area (Å²) < 4.78 is 11.4. The average molecular weight is 533 g/mol. The van der Waals surface area contributed by atoms with E-state index < -0.39 is 23.7 Å². The lowest BCUT2D eigenvalue weighted by molar-refractivity contribution is -0.149.